The van der Waals surface area contributed by atoms with Crippen LogP contribution in [-0.4, -0.2) is 9.55 Å². The van der Waals surface area contributed by atoms with Crippen LogP contribution >= 0.6 is 15.9 Å². The monoisotopic (exact) mass is 325 g/mol. The van der Waals surface area contributed by atoms with Gasteiger partial charge in [0.1, 0.15) is 23.2 Å². The van der Waals surface area contributed by atoms with Crippen molar-refractivity contribution >= 4 is 21.7 Å². The number of nitrogens with zero attached hydrogens (tertiary/aromatic N) is 2. The molecule has 0 aliphatic carbocycles. The fourth-order valence-electron chi connectivity index (χ4n) is 2.04. The van der Waals surface area contributed by atoms with Gasteiger partial charge in [-0.3, -0.25) is 0 Å². The van der Waals surface area contributed by atoms with Crippen molar-refractivity contribution in [2.45, 2.75) is 26.2 Å². The fourth-order valence-corrected chi connectivity index (χ4v) is 2.42. The van der Waals surface area contributed by atoms with E-state index < -0.39 is 0 Å². The molecule has 0 aliphatic rings. The third-order valence-corrected chi connectivity index (χ3v) is 3.61. The molecule has 0 fully saturated rings. The fraction of sp³-hybridized carbons (Fsp3) is 0.357. The van der Waals surface area contributed by atoms with Crippen LogP contribution in [0, 0.1) is 5.82 Å². The molecule has 1 aromatic carbocycles. The van der Waals surface area contributed by atoms with Crippen LogP contribution in [0.25, 0.3) is 11.3 Å². The van der Waals surface area contributed by atoms with E-state index in [0.717, 1.165) is 11.4 Å². The Kier molecular flexibility index (Phi) is 3.43. The Hall–Kier alpha value is -1.36. The molecular weight excluding hydrogens is 309 g/mol. The SMILES string of the molecule is Cn1c(C(C)(C)C)nc(-c2ccc(F)c(Br)c2)c1N. The quantitative estimate of drug-likeness (QED) is 0.864. The zero-order valence-electron chi connectivity index (χ0n) is 11.5. The predicted molar refractivity (Wildman–Crippen MR) is 79.4 cm³/mol. The van der Waals surface area contributed by atoms with Crippen molar-refractivity contribution in [3.05, 3.63) is 34.3 Å². The largest absolute Gasteiger partial charge is 0.383 e. The summed E-state index contributed by atoms with van der Waals surface area (Å²) >= 11 is 3.18. The van der Waals surface area contributed by atoms with Gasteiger partial charge in [-0.15, -0.1) is 0 Å². The molecule has 2 N–H and O–H groups in total. The molecule has 0 bridgehead atoms. The summed E-state index contributed by atoms with van der Waals surface area (Å²) in [5, 5.41) is 0. The number of rotatable bonds is 1. The first-order chi connectivity index (χ1) is 8.71. The summed E-state index contributed by atoms with van der Waals surface area (Å²) in [6.07, 6.45) is 0. The number of anilines is 1. The molecule has 0 saturated carbocycles. The second kappa shape index (κ2) is 4.63. The normalized spacial score (nSPS) is 11.9. The molecule has 0 spiro atoms. The maximum Gasteiger partial charge on any atom is 0.137 e. The molecule has 0 unspecified atom stereocenters. The van der Waals surface area contributed by atoms with E-state index in [2.05, 4.69) is 41.7 Å². The van der Waals surface area contributed by atoms with E-state index in [1.807, 2.05) is 11.6 Å². The van der Waals surface area contributed by atoms with Crippen LogP contribution in [0.2, 0.25) is 0 Å². The number of hydrogen-bond donors (Lipinski definition) is 1. The minimum atomic E-state index is -0.297. The van der Waals surface area contributed by atoms with E-state index in [1.165, 1.54) is 6.07 Å². The predicted octanol–water partition coefficient (Wildman–Crippen LogP) is 3.87. The molecule has 3 nitrogen and oxygen atoms in total. The zero-order chi connectivity index (χ0) is 14.4. The number of imidazole rings is 1. The van der Waals surface area contributed by atoms with Crippen molar-refractivity contribution in [1.29, 1.82) is 0 Å². The van der Waals surface area contributed by atoms with E-state index in [4.69, 9.17) is 5.73 Å². The summed E-state index contributed by atoms with van der Waals surface area (Å²) in [5.41, 5.74) is 7.50. The highest BCUT2D eigenvalue weighted by Crippen LogP contribution is 2.32. The van der Waals surface area contributed by atoms with Crippen LogP contribution in [-0.2, 0) is 12.5 Å². The van der Waals surface area contributed by atoms with Gasteiger partial charge >= 0.3 is 0 Å². The Labute approximate surface area is 120 Å². The Morgan fingerprint density at radius 2 is 1.95 bits per heavy atom. The number of aromatic nitrogens is 2. The Balaban J connectivity index is 2.60. The van der Waals surface area contributed by atoms with E-state index >= 15 is 0 Å². The van der Waals surface area contributed by atoms with Gasteiger partial charge < -0.3 is 10.3 Å². The van der Waals surface area contributed by atoms with Crippen molar-refractivity contribution in [2.75, 3.05) is 5.73 Å². The van der Waals surface area contributed by atoms with Crippen LogP contribution in [0.5, 0.6) is 0 Å². The van der Waals surface area contributed by atoms with Crippen molar-refractivity contribution < 1.29 is 4.39 Å². The number of benzene rings is 1. The van der Waals surface area contributed by atoms with Crippen molar-refractivity contribution in [1.82, 2.24) is 9.55 Å². The number of nitrogen functional groups attached to an aromatic ring is 1. The van der Waals surface area contributed by atoms with Crippen molar-refractivity contribution in [2.24, 2.45) is 7.05 Å². The number of hydrogen-bond acceptors (Lipinski definition) is 2. The van der Waals surface area contributed by atoms with Crippen LogP contribution in [0.1, 0.15) is 26.6 Å². The van der Waals surface area contributed by atoms with Gasteiger partial charge in [0.25, 0.3) is 0 Å². The molecule has 0 radical (unpaired) electrons. The molecule has 2 rings (SSSR count). The summed E-state index contributed by atoms with van der Waals surface area (Å²) < 4.78 is 15.6. The lowest BCUT2D eigenvalue weighted by Gasteiger charge is -2.17. The number of halogens is 2. The summed E-state index contributed by atoms with van der Waals surface area (Å²) in [5.74, 6) is 1.19. The maximum atomic E-state index is 13.3. The number of nitrogens with two attached hydrogens (primary N) is 1. The van der Waals surface area contributed by atoms with Gasteiger partial charge in [0, 0.05) is 18.0 Å². The molecule has 0 aliphatic heterocycles. The van der Waals surface area contributed by atoms with Gasteiger partial charge in [-0.2, -0.15) is 0 Å². The van der Waals surface area contributed by atoms with Crippen LogP contribution < -0.4 is 5.73 Å². The molecule has 0 atom stereocenters. The lowest BCUT2D eigenvalue weighted by atomic mass is 9.96. The van der Waals surface area contributed by atoms with E-state index in [9.17, 15) is 4.39 Å². The van der Waals surface area contributed by atoms with Gasteiger partial charge in [0.15, 0.2) is 0 Å². The van der Waals surface area contributed by atoms with Gasteiger partial charge in [0.2, 0.25) is 0 Å². The molecule has 0 saturated heterocycles. The highest BCUT2D eigenvalue weighted by molar-refractivity contribution is 9.10. The standard InChI is InChI=1S/C14H17BrFN3/c1-14(2,3)13-18-11(12(17)19(13)4)8-5-6-10(16)9(15)7-8/h5-7H,17H2,1-4H3. The molecule has 5 heteroatoms. The first-order valence-corrected chi connectivity index (χ1v) is 6.79. The third-order valence-electron chi connectivity index (χ3n) is 3.00. The smallest absolute Gasteiger partial charge is 0.137 e. The highest BCUT2D eigenvalue weighted by Gasteiger charge is 2.23. The van der Waals surface area contributed by atoms with Crippen LogP contribution in [0.15, 0.2) is 22.7 Å². The summed E-state index contributed by atoms with van der Waals surface area (Å²) in [6, 6.07) is 4.79. The Bertz CT molecular complexity index is 626. The van der Waals surface area contributed by atoms with Crippen molar-refractivity contribution in [3.8, 4) is 11.3 Å². The minimum absolute atomic E-state index is 0.0988. The molecule has 19 heavy (non-hydrogen) atoms. The summed E-state index contributed by atoms with van der Waals surface area (Å²) in [6.45, 7) is 6.25. The average molecular weight is 326 g/mol. The highest BCUT2D eigenvalue weighted by atomic mass is 79.9. The molecular formula is C14H17BrFN3. The molecule has 2 aromatic rings. The van der Waals surface area contributed by atoms with Crippen LogP contribution in [0.4, 0.5) is 10.2 Å². The molecule has 1 heterocycles. The van der Waals surface area contributed by atoms with Gasteiger partial charge in [0.05, 0.1) is 4.47 Å². The third kappa shape index (κ3) is 2.52. The van der Waals surface area contributed by atoms with E-state index in [-0.39, 0.29) is 11.2 Å². The van der Waals surface area contributed by atoms with Gasteiger partial charge in [-0.25, -0.2) is 9.37 Å². The first-order valence-electron chi connectivity index (χ1n) is 6.00. The van der Waals surface area contributed by atoms with Gasteiger partial charge in [-0.1, -0.05) is 20.8 Å². The maximum absolute atomic E-state index is 13.3. The van der Waals surface area contributed by atoms with Crippen LogP contribution in [0.3, 0.4) is 0 Å². The molecule has 1 aromatic heterocycles. The second-order valence-corrected chi connectivity index (χ2v) is 6.46. The lowest BCUT2D eigenvalue weighted by Crippen LogP contribution is -2.17. The Morgan fingerprint density at radius 1 is 1.32 bits per heavy atom. The van der Waals surface area contributed by atoms with Gasteiger partial charge in [-0.05, 0) is 34.1 Å². The van der Waals surface area contributed by atoms with E-state index in [1.54, 1.807) is 12.1 Å². The summed E-state index contributed by atoms with van der Waals surface area (Å²) in [7, 11) is 1.89. The molecule has 102 valence electrons. The molecule has 0 amide bonds. The zero-order valence-corrected chi connectivity index (χ0v) is 13.0. The Morgan fingerprint density at radius 3 is 2.42 bits per heavy atom. The summed E-state index contributed by atoms with van der Waals surface area (Å²) in [4.78, 5) is 4.62. The lowest BCUT2D eigenvalue weighted by molar-refractivity contribution is 0.524. The first kappa shape index (κ1) is 14.1. The minimum Gasteiger partial charge on any atom is -0.383 e. The second-order valence-electron chi connectivity index (χ2n) is 5.61. The average Bonchev–Trinajstić information content (AvgIpc) is 2.60. The van der Waals surface area contributed by atoms with E-state index in [0.29, 0.717) is 16.0 Å². The van der Waals surface area contributed by atoms with Crippen molar-refractivity contribution in [3.63, 3.8) is 0 Å². The topological polar surface area (TPSA) is 43.8 Å².